The van der Waals surface area contributed by atoms with E-state index in [0.29, 0.717) is 18.8 Å². The van der Waals surface area contributed by atoms with Gasteiger partial charge in [-0.05, 0) is 30.7 Å². The highest BCUT2D eigenvalue weighted by atomic mass is 19.1. The van der Waals surface area contributed by atoms with Crippen LogP contribution in [0.25, 0.3) is 0 Å². The lowest BCUT2D eigenvalue weighted by atomic mass is 10.1. The molecule has 1 aromatic rings. The van der Waals surface area contributed by atoms with Crippen LogP contribution in [0.3, 0.4) is 0 Å². The summed E-state index contributed by atoms with van der Waals surface area (Å²) in [5.41, 5.74) is 0. The Morgan fingerprint density at radius 2 is 2.04 bits per heavy atom. The number of carbonyl (C=O) groups is 2. The van der Waals surface area contributed by atoms with E-state index in [9.17, 15) is 14.0 Å². The number of aliphatic carboxylic acids is 1. The molecule has 1 aliphatic rings. The minimum atomic E-state index is -1.07. The molecule has 1 amide bonds. The van der Waals surface area contributed by atoms with E-state index in [0.717, 1.165) is 0 Å². The molecule has 23 heavy (non-hydrogen) atoms. The number of carbonyl (C=O) groups excluding carboxylic acids is 1. The molecule has 0 bridgehead atoms. The first-order valence-electron chi connectivity index (χ1n) is 7.13. The van der Waals surface area contributed by atoms with Crippen LogP contribution >= 0.6 is 0 Å². The number of ether oxygens (including phenoxy) is 3. The molecular formula is C15H18FNO6. The average molecular weight is 327 g/mol. The summed E-state index contributed by atoms with van der Waals surface area (Å²) in [5, 5.41) is 11.3. The number of nitrogens with one attached hydrogen (secondary N) is 1. The van der Waals surface area contributed by atoms with Crippen molar-refractivity contribution in [2.75, 3.05) is 26.4 Å². The number of benzene rings is 1. The molecule has 8 heteroatoms. The molecule has 1 saturated heterocycles. The van der Waals surface area contributed by atoms with E-state index >= 15 is 0 Å². The van der Waals surface area contributed by atoms with Crippen LogP contribution in [-0.4, -0.2) is 55.6 Å². The van der Waals surface area contributed by atoms with E-state index < -0.39 is 30.6 Å². The van der Waals surface area contributed by atoms with Crippen molar-refractivity contribution in [2.24, 2.45) is 0 Å². The Labute approximate surface area is 132 Å². The monoisotopic (exact) mass is 327 g/mol. The summed E-state index contributed by atoms with van der Waals surface area (Å²) in [6.07, 6.45) is 0.0754. The maximum absolute atomic E-state index is 12.8. The third kappa shape index (κ3) is 5.84. The highest BCUT2D eigenvalue weighted by Gasteiger charge is 2.28. The minimum Gasteiger partial charge on any atom is -0.484 e. The Morgan fingerprint density at radius 3 is 2.74 bits per heavy atom. The van der Waals surface area contributed by atoms with Gasteiger partial charge in [-0.1, -0.05) is 0 Å². The minimum absolute atomic E-state index is 0.242. The topological polar surface area (TPSA) is 94.1 Å². The number of carboxylic acid groups (broad SMARTS) is 1. The predicted molar refractivity (Wildman–Crippen MR) is 76.6 cm³/mol. The number of hydrogen-bond donors (Lipinski definition) is 2. The van der Waals surface area contributed by atoms with Crippen molar-refractivity contribution in [3.05, 3.63) is 30.1 Å². The predicted octanol–water partition coefficient (Wildman–Crippen LogP) is 0.579. The molecule has 2 rings (SSSR count). The first-order valence-corrected chi connectivity index (χ1v) is 7.13. The van der Waals surface area contributed by atoms with Crippen molar-refractivity contribution < 1.29 is 33.3 Å². The van der Waals surface area contributed by atoms with E-state index in [2.05, 4.69) is 5.32 Å². The van der Waals surface area contributed by atoms with Crippen LogP contribution in [0.1, 0.15) is 6.42 Å². The summed E-state index contributed by atoms with van der Waals surface area (Å²) in [5.74, 6) is -1.48. The summed E-state index contributed by atoms with van der Waals surface area (Å²) >= 11 is 0. The second-order valence-corrected chi connectivity index (χ2v) is 5.02. The van der Waals surface area contributed by atoms with Crippen molar-refractivity contribution in [1.29, 1.82) is 0 Å². The van der Waals surface area contributed by atoms with Gasteiger partial charge in [-0.3, -0.25) is 4.79 Å². The molecule has 1 aromatic carbocycles. The Morgan fingerprint density at radius 1 is 1.30 bits per heavy atom. The fraction of sp³-hybridized carbons (Fsp3) is 0.467. The molecule has 126 valence electrons. The maximum Gasteiger partial charge on any atom is 0.329 e. The lowest BCUT2D eigenvalue weighted by molar-refractivity contribution is -0.148. The summed E-state index contributed by atoms with van der Waals surface area (Å²) in [4.78, 5) is 22.5. The first-order chi connectivity index (χ1) is 11.0. The van der Waals surface area contributed by atoms with Crippen LogP contribution in [-0.2, 0) is 19.1 Å². The largest absolute Gasteiger partial charge is 0.484 e. The van der Waals surface area contributed by atoms with E-state index in [4.69, 9.17) is 19.3 Å². The van der Waals surface area contributed by atoms with Gasteiger partial charge in [0, 0.05) is 6.61 Å². The number of halogens is 1. The molecule has 2 N–H and O–H groups in total. The van der Waals surface area contributed by atoms with Crippen molar-refractivity contribution in [3.63, 3.8) is 0 Å². The number of hydrogen-bond acceptors (Lipinski definition) is 5. The third-order valence-corrected chi connectivity index (χ3v) is 3.24. The molecule has 1 heterocycles. The number of rotatable bonds is 7. The Balaban J connectivity index is 1.79. The molecule has 2 atom stereocenters. The Kier molecular flexibility index (Phi) is 6.30. The lowest BCUT2D eigenvalue weighted by Crippen LogP contribution is -2.52. The zero-order valence-corrected chi connectivity index (χ0v) is 12.4. The van der Waals surface area contributed by atoms with Crippen LogP contribution in [0.5, 0.6) is 5.75 Å². The van der Waals surface area contributed by atoms with Crippen molar-refractivity contribution in [2.45, 2.75) is 18.6 Å². The van der Waals surface area contributed by atoms with Gasteiger partial charge >= 0.3 is 5.97 Å². The van der Waals surface area contributed by atoms with Gasteiger partial charge in [0.15, 0.2) is 6.61 Å². The van der Waals surface area contributed by atoms with Crippen LogP contribution in [0.4, 0.5) is 4.39 Å². The van der Waals surface area contributed by atoms with Gasteiger partial charge in [-0.2, -0.15) is 0 Å². The van der Waals surface area contributed by atoms with Crippen LogP contribution in [0, 0.1) is 5.82 Å². The van der Waals surface area contributed by atoms with Gasteiger partial charge in [-0.15, -0.1) is 0 Å². The molecular weight excluding hydrogens is 309 g/mol. The van der Waals surface area contributed by atoms with Crippen molar-refractivity contribution >= 4 is 11.9 Å². The zero-order valence-electron chi connectivity index (χ0n) is 12.4. The summed E-state index contributed by atoms with van der Waals surface area (Å²) < 4.78 is 28.5. The van der Waals surface area contributed by atoms with Crippen LogP contribution in [0.15, 0.2) is 24.3 Å². The van der Waals surface area contributed by atoms with Gasteiger partial charge in [0.25, 0.3) is 5.91 Å². The normalized spacial score (nSPS) is 20.7. The lowest BCUT2D eigenvalue weighted by Gasteiger charge is -2.31. The number of carboxylic acids is 1. The summed E-state index contributed by atoms with van der Waals surface area (Å²) in [7, 11) is 0. The van der Waals surface area contributed by atoms with E-state index in [1.54, 1.807) is 0 Å². The van der Waals surface area contributed by atoms with Gasteiger partial charge in [0.1, 0.15) is 18.2 Å². The molecule has 0 saturated carbocycles. The molecule has 0 unspecified atom stereocenters. The summed E-state index contributed by atoms with van der Waals surface area (Å²) in [6, 6.07) is 4.87. The first kappa shape index (κ1) is 17.2. The molecule has 0 radical (unpaired) electrons. The van der Waals surface area contributed by atoms with Crippen molar-refractivity contribution in [1.82, 2.24) is 5.32 Å². The Bertz CT molecular complexity index is 535. The number of amides is 1. The quantitative estimate of drug-likeness (QED) is 0.761. The van der Waals surface area contributed by atoms with E-state index in [1.165, 1.54) is 24.3 Å². The van der Waals surface area contributed by atoms with Crippen LogP contribution in [0.2, 0.25) is 0 Å². The van der Waals surface area contributed by atoms with E-state index in [1.807, 2.05) is 0 Å². The molecule has 0 spiro atoms. The SMILES string of the molecule is O=C(O)CO[C@H]1CCOC[C@H]1NC(=O)COc1ccc(F)cc1. The van der Waals surface area contributed by atoms with Gasteiger partial charge in [0.2, 0.25) is 0 Å². The molecule has 1 fully saturated rings. The smallest absolute Gasteiger partial charge is 0.329 e. The maximum atomic E-state index is 12.8. The zero-order chi connectivity index (χ0) is 16.7. The average Bonchev–Trinajstić information content (AvgIpc) is 2.53. The van der Waals surface area contributed by atoms with Gasteiger partial charge in [0.05, 0.1) is 18.8 Å². The molecule has 0 aromatic heterocycles. The fourth-order valence-electron chi connectivity index (χ4n) is 2.16. The van der Waals surface area contributed by atoms with Gasteiger partial charge in [-0.25, -0.2) is 9.18 Å². The molecule has 1 aliphatic heterocycles. The van der Waals surface area contributed by atoms with E-state index in [-0.39, 0.29) is 19.0 Å². The van der Waals surface area contributed by atoms with Crippen molar-refractivity contribution in [3.8, 4) is 5.75 Å². The second-order valence-electron chi connectivity index (χ2n) is 5.02. The Hall–Kier alpha value is -2.19. The third-order valence-electron chi connectivity index (χ3n) is 3.24. The molecule has 7 nitrogen and oxygen atoms in total. The van der Waals surface area contributed by atoms with Gasteiger partial charge < -0.3 is 24.6 Å². The highest BCUT2D eigenvalue weighted by Crippen LogP contribution is 2.13. The standard InChI is InChI=1S/C15H18FNO6/c16-10-1-3-11(4-2-10)22-8-14(18)17-12-7-21-6-5-13(12)23-9-15(19)20/h1-4,12-13H,5-9H2,(H,17,18)(H,19,20)/t12-,13+/m1/s1. The fourth-order valence-corrected chi connectivity index (χ4v) is 2.16. The van der Waals surface area contributed by atoms with Crippen LogP contribution < -0.4 is 10.1 Å². The molecule has 0 aliphatic carbocycles. The highest BCUT2D eigenvalue weighted by molar-refractivity contribution is 5.78. The summed E-state index contributed by atoms with van der Waals surface area (Å²) in [6.45, 7) is 0.0200. The second kappa shape index (κ2) is 8.44.